The number of benzene rings is 2. The van der Waals surface area contributed by atoms with Crippen LogP contribution in [0.15, 0.2) is 65.5 Å². The van der Waals surface area contributed by atoms with Crippen LogP contribution in [0.1, 0.15) is 39.7 Å². The molecule has 0 spiro atoms. The molecule has 152 valence electrons. The molecule has 0 unspecified atom stereocenters. The van der Waals surface area contributed by atoms with E-state index in [9.17, 15) is 9.59 Å². The van der Waals surface area contributed by atoms with Crippen molar-refractivity contribution >= 4 is 27.5 Å². The lowest BCUT2D eigenvalue weighted by atomic mass is 9.89. The van der Waals surface area contributed by atoms with E-state index in [-0.39, 0.29) is 30.5 Å². The van der Waals surface area contributed by atoms with Crippen LogP contribution in [0.3, 0.4) is 0 Å². The van der Waals surface area contributed by atoms with Crippen LogP contribution in [0.5, 0.6) is 0 Å². The van der Waals surface area contributed by atoms with Crippen molar-refractivity contribution in [2.45, 2.75) is 32.8 Å². The molecule has 0 bridgehead atoms. The molecule has 0 radical (unpaired) electrons. The molecule has 6 heteroatoms. The standard InChI is InChI=1S/C24H22N2O3S/c1-15-16(2)30-24-22(15)23(28)25-20(26-24)14-29-21(27)13-19(17-9-5-3-6-10-17)18-11-7-4-8-12-18/h3-12,19H,13-14H2,1-2H3,(H,25,26,28). The van der Waals surface area contributed by atoms with Crippen LogP contribution in [0, 0.1) is 13.8 Å². The molecule has 2 aromatic carbocycles. The van der Waals surface area contributed by atoms with Crippen molar-refractivity contribution in [3.63, 3.8) is 0 Å². The zero-order valence-electron chi connectivity index (χ0n) is 16.8. The Morgan fingerprint density at radius 1 is 1.03 bits per heavy atom. The van der Waals surface area contributed by atoms with Crippen molar-refractivity contribution < 1.29 is 9.53 Å². The smallest absolute Gasteiger partial charge is 0.307 e. The Balaban J connectivity index is 1.50. The number of hydrogen-bond donors (Lipinski definition) is 1. The number of esters is 1. The lowest BCUT2D eigenvalue weighted by Crippen LogP contribution is -2.16. The molecule has 4 aromatic rings. The van der Waals surface area contributed by atoms with Crippen molar-refractivity contribution in [2.75, 3.05) is 0 Å². The van der Waals surface area contributed by atoms with Gasteiger partial charge in [0.15, 0.2) is 0 Å². The summed E-state index contributed by atoms with van der Waals surface area (Å²) < 4.78 is 5.48. The van der Waals surface area contributed by atoms with E-state index in [4.69, 9.17) is 4.74 Å². The quantitative estimate of drug-likeness (QED) is 0.454. The van der Waals surface area contributed by atoms with Crippen LogP contribution in [0.2, 0.25) is 0 Å². The number of aromatic nitrogens is 2. The van der Waals surface area contributed by atoms with Gasteiger partial charge >= 0.3 is 5.97 Å². The Kier molecular flexibility index (Phi) is 5.77. The number of H-pyrrole nitrogens is 1. The summed E-state index contributed by atoms with van der Waals surface area (Å²) in [6.45, 7) is 3.82. The molecule has 30 heavy (non-hydrogen) atoms. The molecule has 0 atom stereocenters. The fourth-order valence-electron chi connectivity index (χ4n) is 3.54. The van der Waals surface area contributed by atoms with E-state index in [1.165, 1.54) is 11.3 Å². The summed E-state index contributed by atoms with van der Waals surface area (Å²) in [5.41, 5.74) is 2.86. The molecule has 0 aliphatic heterocycles. The highest BCUT2D eigenvalue weighted by atomic mass is 32.1. The first-order valence-corrected chi connectivity index (χ1v) is 10.6. The van der Waals surface area contributed by atoms with Crippen LogP contribution in [0.4, 0.5) is 0 Å². The average molecular weight is 419 g/mol. The molecule has 0 aliphatic carbocycles. The van der Waals surface area contributed by atoms with Gasteiger partial charge < -0.3 is 9.72 Å². The van der Waals surface area contributed by atoms with E-state index < -0.39 is 0 Å². The molecule has 0 amide bonds. The number of ether oxygens (including phenoxy) is 1. The lowest BCUT2D eigenvalue weighted by molar-refractivity contribution is -0.145. The minimum atomic E-state index is -0.339. The summed E-state index contributed by atoms with van der Waals surface area (Å²) in [5.74, 6) is -0.0796. The Morgan fingerprint density at radius 3 is 2.23 bits per heavy atom. The number of carbonyl (C=O) groups excluding carboxylic acids is 1. The van der Waals surface area contributed by atoms with E-state index in [1.54, 1.807) is 0 Å². The van der Waals surface area contributed by atoms with Gasteiger partial charge in [-0.1, -0.05) is 60.7 Å². The van der Waals surface area contributed by atoms with Crippen molar-refractivity contribution in [2.24, 2.45) is 0 Å². The summed E-state index contributed by atoms with van der Waals surface area (Å²) in [5, 5.41) is 0.612. The van der Waals surface area contributed by atoms with E-state index in [1.807, 2.05) is 74.5 Å². The van der Waals surface area contributed by atoms with E-state index in [0.29, 0.717) is 16.0 Å². The lowest BCUT2D eigenvalue weighted by Gasteiger charge is -2.17. The topological polar surface area (TPSA) is 72.0 Å². The number of thiophene rings is 1. The number of aromatic amines is 1. The summed E-state index contributed by atoms with van der Waals surface area (Å²) in [4.78, 5) is 34.0. The fourth-order valence-corrected chi connectivity index (χ4v) is 4.59. The summed E-state index contributed by atoms with van der Waals surface area (Å²) in [6, 6.07) is 19.8. The van der Waals surface area contributed by atoms with Crippen LogP contribution >= 0.6 is 11.3 Å². The third-order valence-corrected chi connectivity index (χ3v) is 6.33. The van der Waals surface area contributed by atoms with Gasteiger partial charge in [0.05, 0.1) is 11.8 Å². The van der Waals surface area contributed by atoms with Gasteiger partial charge in [-0.25, -0.2) is 4.98 Å². The zero-order valence-corrected chi connectivity index (χ0v) is 17.7. The molecule has 1 N–H and O–H groups in total. The van der Waals surface area contributed by atoms with Gasteiger partial charge in [-0.3, -0.25) is 9.59 Å². The highest BCUT2D eigenvalue weighted by Gasteiger charge is 2.19. The number of nitrogens with one attached hydrogen (secondary N) is 1. The van der Waals surface area contributed by atoms with E-state index >= 15 is 0 Å². The number of hydrogen-bond acceptors (Lipinski definition) is 5. The van der Waals surface area contributed by atoms with E-state index in [0.717, 1.165) is 21.6 Å². The number of nitrogens with zero attached hydrogens (tertiary/aromatic N) is 1. The van der Waals surface area contributed by atoms with Crippen molar-refractivity contribution in [1.29, 1.82) is 0 Å². The van der Waals surface area contributed by atoms with Crippen LogP contribution in [0.25, 0.3) is 10.2 Å². The maximum atomic E-state index is 12.6. The normalized spacial score (nSPS) is 11.2. The molecule has 0 aliphatic rings. The molecule has 2 heterocycles. The van der Waals surface area contributed by atoms with Crippen LogP contribution < -0.4 is 5.56 Å². The molecular formula is C24H22N2O3S. The SMILES string of the molecule is Cc1sc2nc(COC(=O)CC(c3ccccc3)c3ccccc3)[nH]c(=O)c2c1C. The minimum Gasteiger partial charge on any atom is -0.457 e. The summed E-state index contributed by atoms with van der Waals surface area (Å²) in [7, 11) is 0. The maximum Gasteiger partial charge on any atom is 0.307 e. The monoisotopic (exact) mass is 418 g/mol. The summed E-state index contributed by atoms with van der Waals surface area (Å²) >= 11 is 1.47. The molecule has 0 saturated carbocycles. The average Bonchev–Trinajstić information content (AvgIpc) is 3.05. The summed E-state index contributed by atoms with van der Waals surface area (Å²) in [6.07, 6.45) is 0.206. The highest BCUT2D eigenvalue weighted by Crippen LogP contribution is 2.29. The molecule has 0 fully saturated rings. The minimum absolute atomic E-state index is 0.0592. The molecule has 5 nitrogen and oxygen atoms in total. The highest BCUT2D eigenvalue weighted by molar-refractivity contribution is 7.18. The van der Waals surface area contributed by atoms with Crippen molar-refractivity contribution in [1.82, 2.24) is 9.97 Å². The second-order valence-corrected chi connectivity index (χ2v) is 8.42. The number of aryl methyl sites for hydroxylation is 2. The molecular weight excluding hydrogens is 396 g/mol. The van der Waals surface area contributed by atoms with Crippen LogP contribution in [-0.4, -0.2) is 15.9 Å². The maximum absolute atomic E-state index is 12.6. The third-order valence-electron chi connectivity index (χ3n) is 5.23. The van der Waals surface area contributed by atoms with Gasteiger partial charge in [-0.15, -0.1) is 11.3 Å². The second-order valence-electron chi connectivity index (χ2n) is 7.21. The Morgan fingerprint density at radius 2 is 1.63 bits per heavy atom. The van der Waals surface area contributed by atoms with Gasteiger partial charge in [0.2, 0.25) is 0 Å². The van der Waals surface area contributed by atoms with Crippen molar-refractivity contribution in [3.8, 4) is 0 Å². The molecule has 0 saturated heterocycles. The van der Waals surface area contributed by atoms with Gasteiger partial charge in [0, 0.05) is 10.8 Å². The van der Waals surface area contributed by atoms with E-state index in [2.05, 4.69) is 9.97 Å². The van der Waals surface area contributed by atoms with Gasteiger partial charge in [0.1, 0.15) is 17.3 Å². The third kappa shape index (κ3) is 4.19. The number of carbonyl (C=O) groups is 1. The van der Waals surface area contributed by atoms with Crippen molar-refractivity contribution in [3.05, 3.63) is 98.4 Å². The molecule has 2 aromatic heterocycles. The first kappa shape index (κ1) is 20.0. The first-order valence-electron chi connectivity index (χ1n) is 9.77. The van der Waals surface area contributed by atoms with Gasteiger partial charge in [-0.2, -0.15) is 0 Å². The predicted octanol–water partition coefficient (Wildman–Crippen LogP) is 4.87. The Labute approximate surface area is 178 Å². The Bertz CT molecular complexity index is 1190. The fraction of sp³-hybridized carbons (Fsp3) is 0.208. The van der Waals surface area contributed by atoms with Crippen LogP contribution in [-0.2, 0) is 16.1 Å². The zero-order chi connectivity index (χ0) is 21.1. The van der Waals surface area contributed by atoms with Gasteiger partial charge in [-0.05, 0) is 30.5 Å². The predicted molar refractivity (Wildman–Crippen MR) is 119 cm³/mol. The number of fused-ring (bicyclic) bond motifs is 1. The molecule has 4 rings (SSSR count). The first-order chi connectivity index (χ1) is 14.5. The van der Waals surface area contributed by atoms with Gasteiger partial charge in [0.25, 0.3) is 5.56 Å². The Hall–Kier alpha value is -3.25. The second kappa shape index (κ2) is 8.63. The largest absolute Gasteiger partial charge is 0.457 e. The number of rotatable bonds is 6.